The number of aromatic nitrogens is 1. The topological polar surface area (TPSA) is 104 Å². The molecular weight excluding hydrogens is 444 g/mol. The number of carbonyl (C=O) groups is 2. The molecule has 0 aliphatic carbocycles. The molecule has 0 spiro atoms. The molecule has 2 atom stereocenters. The smallest absolute Gasteiger partial charge is 0.251 e. The average molecular weight is 477 g/mol. The number of hydroxylamine groups is 1. The van der Waals surface area contributed by atoms with E-state index in [1.165, 1.54) is 0 Å². The summed E-state index contributed by atoms with van der Waals surface area (Å²) in [7, 11) is 0. The Kier molecular flexibility index (Phi) is 7.94. The standard InChI is InChI=1S/C27H32N4O4/c1-3-4-13-31-15-23(27(33)30-34)25(16-31)29-26(32)19-9-11-21(12-10-19)35-17-20-14-18(2)28-24-8-6-5-7-22(20)24/h5-12,14,23,25,34H,3-4,13,15-17H2,1-2H3,(H,29,32)(H,30,33)/t23-,25+/m0/s1. The van der Waals surface area contributed by atoms with Crippen molar-refractivity contribution in [2.45, 2.75) is 39.3 Å². The van der Waals surface area contributed by atoms with E-state index in [2.05, 4.69) is 22.1 Å². The zero-order valence-electron chi connectivity index (χ0n) is 20.2. The summed E-state index contributed by atoms with van der Waals surface area (Å²) in [6.45, 7) is 6.41. The molecule has 3 aromatic rings. The van der Waals surface area contributed by atoms with E-state index in [4.69, 9.17) is 9.94 Å². The van der Waals surface area contributed by atoms with Gasteiger partial charge in [0.15, 0.2) is 0 Å². The predicted octanol–water partition coefficient (Wildman–Crippen LogP) is 3.46. The number of hydrogen-bond donors (Lipinski definition) is 3. The van der Waals surface area contributed by atoms with Crippen molar-refractivity contribution in [3.05, 3.63) is 71.4 Å². The van der Waals surface area contributed by atoms with Crippen molar-refractivity contribution in [1.29, 1.82) is 0 Å². The van der Waals surface area contributed by atoms with Gasteiger partial charge < -0.3 is 15.0 Å². The summed E-state index contributed by atoms with van der Waals surface area (Å²) in [5.41, 5.74) is 5.15. The van der Waals surface area contributed by atoms with Crippen LogP contribution in [-0.2, 0) is 11.4 Å². The highest BCUT2D eigenvalue weighted by Crippen LogP contribution is 2.22. The zero-order chi connectivity index (χ0) is 24.8. The number of aryl methyl sites for hydroxylation is 1. The number of para-hydroxylation sites is 1. The highest BCUT2D eigenvalue weighted by atomic mass is 16.5. The molecule has 1 saturated heterocycles. The largest absolute Gasteiger partial charge is 0.489 e. The van der Waals surface area contributed by atoms with Gasteiger partial charge in [-0.3, -0.25) is 19.8 Å². The molecule has 8 heteroatoms. The summed E-state index contributed by atoms with van der Waals surface area (Å²) in [6.07, 6.45) is 2.07. The number of rotatable bonds is 9. The van der Waals surface area contributed by atoms with Crippen molar-refractivity contribution >= 4 is 22.7 Å². The van der Waals surface area contributed by atoms with Crippen LogP contribution >= 0.6 is 0 Å². The van der Waals surface area contributed by atoms with Crippen LogP contribution in [0.25, 0.3) is 10.9 Å². The number of unbranched alkanes of at least 4 members (excludes halogenated alkanes) is 1. The number of benzene rings is 2. The number of fused-ring (bicyclic) bond motifs is 1. The maximum Gasteiger partial charge on any atom is 0.251 e. The van der Waals surface area contributed by atoms with Gasteiger partial charge in [0.1, 0.15) is 12.4 Å². The first kappa shape index (κ1) is 24.6. The summed E-state index contributed by atoms with van der Waals surface area (Å²) in [6, 6.07) is 16.6. The van der Waals surface area contributed by atoms with Crippen LogP contribution in [0.15, 0.2) is 54.6 Å². The van der Waals surface area contributed by atoms with E-state index in [9.17, 15) is 9.59 Å². The quantitative estimate of drug-likeness (QED) is 0.323. The van der Waals surface area contributed by atoms with Crippen LogP contribution in [0.2, 0.25) is 0 Å². The lowest BCUT2D eigenvalue weighted by molar-refractivity contribution is -0.133. The number of nitrogens with one attached hydrogen (secondary N) is 2. The molecule has 2 amide bonds. The lowest BCUT2D eigenvalue weighted by Crippen LogP contribution is -2.45. The van der Waals surface area contributed by atoms with Gasteiger partial charge in [-0.05, 0) is 56.3 Å². The molecule has 2 heterocycles. The molecule has 1 aliphatic heterocycles. The summed E-state index contributed by atoms with van der Waals surface area (Å²) in [5, 5.41) is 13.1. The minimum absolute atomic E-state index is 0.259. The molecule has 1 fully saturated rings. The Hall–Kier alpha value is -3.49. The van der Waals surface area contributed by atoms with E-state index in [0.29, 0.717) is 31.0 Å². The van der Waals surface area contributed by atoms with Gasteiger partial charge in [0.25, 0.3) is 5.91 Å². The minimum Gasteiger partial charge on any atom is -0.489 e. The van der Waals surface area contributed by atoms with E-state index in [-0.39, 0.29) is 11.9 Å². The third kappa shape index (κ3) is 5.96. The number of likely N-dealkylation sites (tertiary alicyclic amines) is 1. The molecule has 1 aliphatic rings. The van der Waals surface area contributed by atoms with Gasteiger partial charge in [-0.2, -0.15) is 0 Å². The van der Waals surface area contributed by atoms with Gasteiger partial charge in [-0.1, -0.05) is 31.5 Å². The maximum absolute atomic E-state index is 12.9. The van der Waals surface area contributed by atoms with E-state index < -0.39 is 11.8 Å². The molecule has 2 aromatic carbocycles. The first-order valence-electron chi connectivity index (χ1n) is 12.0. The number of pyridine rings is 1. The van der Waals surface area contributed by atoms with E-state index in [0.717, 1.165) is 41.5 Å². The van der Waals surface area contributed by atoms with Crippen LogP contribution in [0.5, 0.6) is 5.75 Å². The molecule has 0 saturated carbocycles. The fourth-order valence-electron chi connectivity index (χ4n) is 4.57. The molecule has 0 bridgehead atoms. The van der Waals surface area contributed by atoms with E-state index in [1.54, 1.807) is 29.7 Å². The van der Waals surface area contributed by atoms with Gasteiger partial charge >= 0.3 is 0 Å². The average Bonchev–Trinajstić information content (AvgIpc) is 3.28. The molecule has 35 heavy (non-hydrogen) atoms. The summed E-state index contributed by atoms with van der Waals surface area (Å²) >= 11 is 0. The van der Waals surface area contributed by atoms with Crippen LogP contribution in [0.3, 0.4) is 0 Å². The van der Waals surface area contributed by atoms with Gasteiger partial charge in [-0.15, -0.1) is 0 Å². The van der Waals surface area contributed by atoms with Crippen molar-refractivity contribution in [1.82, 2.24) is 20.7 Å². The first-order valence-corrected chi connectivity index (χ1v) is 12.0. The number of nitrogens with zero attached hydrogens (tertiary/aromatic N) is 2. The second kappa shape index (κ2) is 11.3. The van der Waals surface area contributed by atoms with Crippen molar-refractivity contribution in [2.24, 2.45) is 5.92 Å². The minimum atomic E-state index is -0.498. The van der Waals surface area contributed by atoms with E-state index in [1.807, 2.05) is 37.3 Å². The molecule has 8 nitrogen and oxygen atoms in total. The third-order valence-corrected chi connectivity index (χ3v) is 6.43. The first-order chi connectivity index (χ1) is 17.0. The van der Waals surface area contributed by atoms with Gasteiger partial charge in [0, 0.05) is 35.3 Å². The number of ether oxygens (including phenoxy) is 1. The summed E-state index contributed by atoms with van der Waals surface area (Å²) in [4.78, 5) is 31.7. The van der Waals surface area contributed by atoms with Crippen LogP contribution in [-0.4, -0.2) is 52.6 Å². The molecule has 4 rings (SSSR count). The molecular formula is C27H32N4O4. The van der Waals surface area contributed by atoms with Crippen LogP contribution < -0.4 is 15.5 Å². The van der Waals surface area contributed by atoms with Crippen molar-refractivity contribution in [3.63, 3.8) is 0 Å². The molecule has 1 aromatic heterocycles. The third-order valence-electron chi connectivity index (χ3n) is 6.43. The highest BCUT2D eigenvalue weighted by molar-refractivity contribution is 5.95. The summed E-state index contributed by atoms with van der Waals surface area (Å²) < 4.78 is 5.99. The highest BCUT2D eigenvalue weighted by Gasteiger charge is 2.38. The number of hydrogen-bond acceptors (Lipinski definition) is 6. The second-order valence-electron chi connectivity index (χ2n) is 9.03. The van der Waals surface area contributed by atoms with E-state index >= 15 is 0 Å². The number of carbonyl (C=O) groups excluding carboxylic acids is 2. The van der Waals surface area contributed by atoms with Crippen molar-refractivity contribution in [3.8, 4) is 5.75 Å². The summed E-state index contributed by atoms with van der Waals surface area (Å²) in [5.74, 6) is -0.575. The second-order valence-corrected chi connectivity index (χ2v) is 9.03. The SMILES string of the molecule is CCCCN1C[C@H](C(=O)NO)[C@H](NC(=O)c2ccc(OCc3cc(C)nc4ccccc34)cc2)C1. The fraction of sp³-hybridized carbons (Fsp3) is 0.370. The molecule has 3 N–H and O–H groups in total. The van der Waals surface area contributed by atoms with Crippen LogP contribution in [0, 0.1) is 12.8 Å². The zero-order valence-corrected chi connectivity index (χ0v) is 20.2. The van der Waals surface area contributed by atoms with Crippen molar-refractivity contribution in [2.75, 3.05) is 19.6 Å². The Morgan fingerprint density at radius 2 is 1.91 bits per heavy atom. The van der Waals surface area contributed by atoms with Crippen LogP contribution in [0.4, 0.5) is 0 Å². The predicted molar refractivity (Wildman–Crippen MR) is 133 cm³/mol. The fourth-order valence-corrected chi connectivity index (χ4v) is 4.57. The van der Waals surface area contributed by atoms with Crippen LogP contribution in [0.1, 0.15) is 41.4 Å². The Bertz CT molecular complexity index is 1180. The van der Waals surface area contributed by atoms with Crippen molar-refractivity contribution < 1.29 is 19.5 Å². The lowest BCUT2D eigenvalue weighted by atomic mass is 10.0. The lowest BCUT2D eigenvalue weighted by Gasteiger charge is -2.18. The molecule has 184 valence electrons. The molecule has 0 unspecified atom stereocenters. The molecule has 0 radical (unpaired) electrons. The number of amides is 2. The van der Waals surface area contributed by atoms with Gasteiger partial charge in [0.2, 0.25) is 5.91 Å². The Morgan fingerprint density at radius 3 is 2.66 bits per heavy atom. The van der Waals surface area contributed by atoms with Gasteiger partial charge in [0.05, 0.1) is 17.5 Å². The van der Waals surface area contributed by atoms with Gasteiger partial charge in [-0.25, -0.2) is 5.48 Å². The Morgan fingerprint density at radius 1 is 1.14 bits per heavy atom. The Labute approximate surface area is 205 Å². The normalized spacial score (nSPS) is 17.9. The Balaban J connectivity index is 1.38. The monoisotopic (exact) mass is 476 g/mol. The maximum atomic E-state index is 12.9.